The van der Waals surface area contributed by atoms with Crippen molar-refractivity contribution in [3.63, 3.8) is 0 Å². The Hall–Kier alpha value is -4.54. The van der Waals surface area contributed by atoms with E-state index in [0.29, 0.717) is 19.0 Å². The maximum atomic E-state index is 12.7. The molecule has 2 unspecified atom stereocenters. The molecule has 4 heterocycles. The highest BCUT2D eigenvalue weighted by Crippen LogP contribution is 2.37. The number of carboxylic acids is 2. The Balaban J connectivity index is 0.000000303. The summed E-state index contributed by atoms with van der Waals surface area (Å²) in [6.45, 7) is 5.50. The van der Waals surface area contributed by atoms with Gasteiger partial charge in [-0.1, -0.05) is 35.9 Å². The summed E-state index contributed by atoms with van der Waals surface area (Å²) in [6.07, 6.45) is -6.49. The number of halogens is 6. The van der Waals surface area contributed by atoms with Gasteiger partial charge in [0.25, 0.3) is 0 Å². The summed E-state index contributed by atoms with van der Waals surface area (Å²) in [5.74, 6) is -4.26. The first-order valence-corrected chi connectivity index (χ1v) is 12.5. The molecule has 232 valence electrons. The molecule has 5 rings (SSSR count). The van der Waals surface area contributed by atoms with E-state index in [4.69, 9.17) is 19.8 Å². The molecule has 2 aliphatic rings. The Morgan fingerprint density at radius 2 is 1.44 bits per heavy atom. The van der Waals surface area contributed by atoms with Crippen molar-refractivity contribution in [1.82, 2.24) is 24.2 Å². The molecule has 0 aliphatic carbocycles. The van der Waals surface area contributed by atoms with Crippen molar-refractivity contribution < 1.29 is 46.1 Å². The van der Waals surface area contributed by atoms with Crippen molar-refractivity contribution in [3.8, 4) is 0 Å². The number of hydrogen-bond acceptors (Lipinski definition) is 7. The fourth-order valence-electron chi connectivity index (χ4n) is 4.53. The lowest BCUT2D eigenvalue weighted by Gasteiger charge is -2.17. The van der Waals surface area contributed by atoms with Gasteiger partial charge in [-0.25, -0.2) is 14.3 Å². The molecule has 2 aromatic heterocycles. The van der Waals surface area contributed by atoms with Crippen LogP contribution in [0.4, 0.5) is 26.3 Å². The second-order valence-electron chi connectivity index (χ2n) is 9.75. The third-order valence-electron chi connectivity index (χ3n) is 6.49. The number of fused-ring (bicyclic) bond motifs is 3. The van der Waals surface area contributed by atoms with E-state index in [-0.39, 0.29) is 5.92 Å². The van der Waals surface area contributed by atoms with E-state index < -0.39 is 35.4 Å². The highest BCUT2D eigenvalue weighted by molar-refractivity contribution is 5.73. The molecule has 1 aromatic carbocycles. The minimum Gasteiger partial charge on any atom is -0.475 e. The van der Waals surface area contributed by atoms with Gasteiger partial charge in [-0.05, 0) is 24.1 Å². The largest absolute Gasteiger partial charge is 0.490 e. The lowest BCUT2D eigenvalue weighted by atomic mass is 10.00. The zero-order valence-corrected chi connectivity index (χ0v) is 22.3. The topological polar surface area (TPSA) is 148 Å². The molecule has 43 heavy (non-hydrogen) atoms. The summed E-state index contributed by atoms with van der Waals surface area (Å²) < 4.78 is 66.4. The molecule has 0 amide bonds. The normalized spacial score (nSPS) is 17.6. The number of aromatic nitrogens is 4. The number of hydrogen-bond donors (Lipinski definition) is 2. The van der Waals surface area contributed by atoms with E-state index in [2.05, 4.69) is 21.0 Å². The Bertz CT molecular complexity index is 1530. The molecule has 11 nitrogen and oxygen atoms in total. The predicted octanol–water partition coefficient (Wildman–Crippen LogP) is 2.65. The highest BCUT2D eigenvalue weighted by Gasteiger charge is 2.43. The number of alkyl halides is 6. The quantitative estimate of drug-likeness (QED) is 0.333. The van der Waals surface area contributed by atoms with Gasteiger partial charge in [0, 0.05) is 50.4 Å². The van der Waals surface area contributed by atoms with Crippen LogP contribution in [0, 0.1) is 12.8 Å². The number of rotatable bonds is 4. The maximum absolute atomic E-state index is 12.7. The molecule has 2 N–H and O–H groups in total. The first-order valence-electron chi connectivity index (χ1n) is 12.5. The van der Waals surface area contributed by atoms with Gasteiger partial charge >= 0.3 is 35.4 Å². The second-order valence-corrected chi connectivity index (χ2v) is 9.75. The van der Waals surface area contributed by atoms with Crippen molar-refractivity contribution >= 4 is 11.9 Å². The van der Waals surface area contributed by atoms with E-state index in [9.17, 15) is 35.9 Å². The molecular weight excluding hydrogens is 592 g/mol. The van der Waals surface area contributed by atoms with E-state index in [0.717, 1.165) is 36.6 Å². The third-order valence-corrected chi connectivity index (χ3v) is 6.49. The fraction of sp³-hybridized carbons (Fsp3) is 0.385. The predicted molar refractivity (Wildman–Crippen MR) is 136 cm³/mol. The molecular formula is C26H25F6N5O6. The first kappa shape index (κ1) is 33.0. The van der Waals surface area contributed by atoms with Crippen LogP contribution in [-0.4, -0.2) is 71.8 Å². The summed E-state index contributed by atoms with van der Waals surface area (Å²) in [7, 11) is 0. The van der Waals surface area contributed by atoms with Crippen LogP contribution in [0.15, 0.2) is 58.4 Å². The summed E-state index contributed by atoms with van der Waals surface area (Å²) in [6, 6.07) is 12.0. The molecule has 17 heteroatoms. The van der Waals surface area contributed by atoms with E-state index in [1.54, 1.807) is 10.8 Å². The van der Waals surface area contributed by atoms with Crippen molar-refractivity contribution in [1.29, 1.82) is 0 Å². The van der Waals surface area contributed by atoms with E-state index >= 15 is 0 Å². The van der Waals surface area contributed by atoms with Crippen molar-refractivity contribution in [2.45, 2.75) is 44.8 Å². The van der Waals surface area contributed by atoms with Crippen LogP contribution >= 0.6 is 0 Å². The number of carbonyl (C=O) groups is 2. The Kier molecular flexibility index (Phi) is 10.1. The Morgan fingerprint density at radius 3 is 1.95 bits per heavy atom. The molecule has 0 bridgehead atoms. The van der Waals surface area contributed by atoms with Crippen LogP contribution in [0.1, 0.15) is 28.4 Å². The van der Waals surface area contributed by atoms with Crippen LogP contribution < -0.4 is 11.1 Å². The summed E-state index contributed by atoms with van der Waals surface area (Å²) >= 11 is 0. The number of pyridine rings is 1. The average molecular weight is 618 g/mol. The Labute approximate surface area is 238 Å². The maximum Gasteiger partial charge on any atom is 0.490 e. The van der Waals surface area contributed by atoms with Gasteiger partial charge in [0.05, 0.1) is 6.54 Å². The molecule has 2 aliphatic heterocycles. The van der Waals surface area contributed by atoms with Gasteiger partial charge in [0.1, 0.15) is 5.82 Å². The molecule has 0 saturated carbocycles. The van der Waals surface area contributed by atoms with Gasteiger partial charge in [-0.2, -0.15) is 31.4 Å². The van der Waals surface area contributed by atoms with Gasteiger partial charge in [0.15, 0.2) is 0 Å². The number of likely N-dealkylation sites (tertiary alicyclic amines) is 1. The average Bonchev–Trinajstić information content (AvgIpc) is 3.46. The van der Waals surface area contributed by atoms with Gasteiger partial charge in [0.2, 0.25) is 0 Å². The SMILES string of the molecule is Cc1ccc(Cn2nc3n(c(=O)c2=O)CC2CN(Cc4cccnc4)CC32)cc1.O=C(O)C(F)(F)F.O=C(O)C(F)(F)F. The van der Waals surface area contributed by atoms with Crippen LogP contribution in [0.5, 0.6) is 0 Å². The zero-order valence-electron chi connectivity index (χ0n) is 22.3. The Morgan fingerprint density at radius 1 is 0.860 bits per heavy atom. The lowest BCUT2D eigenvalue weighted by Crippen LogP contribution is -2.44. The highest BCUT2D eigenvalue weighted by atomic mass is 19.4. The van der Waals surface area contributed by atoms with Crippen LogP contribution in [0.25, 0.3) is 0 Å². The minimum absolute atomic E-state index is 0.184. The fourth-order valence-corrected chi connectivity index (χ4v) is 4.53. The zero-order chi connectivity index (χ0) is 32.1. The molecule has 0 radical (unpaired) electrons. The monoisotopic (exact) mass is 617 g/mol. The van der Waals surface area contributed by atoms with Gasteiger partial charge in [-0.15, -0.1) is 0 Å². The molecule has 1 saturated heterocycles. The van der Waals surface area contributed by atoms with Gasteiger partial charge in [-0.3, -0.25) is 24.0 Å². The molecule has 0 spiro atoms. The standard InChI is InChI=1S/C22H23N5O2.2C2HF3O2/c1-15-4-6-16(7-5-15)11-27-22(29)21(28)26-13-18-12-25(14-19(18)20(26)24-27)10-17-3-2-8-23-9-17;2*3-2(4,5)1(6)7/h2-9,18-19H,10-14H2,1H3;2*(H,6,7). The van der Waals surface area contributed by atoms with Gasteiger partial charge < -0.3 is 10.2 Å². The minimum atomic E-state index is -5.08. The second kappa shape index (κ2) is 13.2. The van der Waals surface area contributed by atoms with Crippen molar-refractivity contribution in [2.24, 2.45) is 5.92 Å². The number of carboxylic acid groups (broad SMARTS) is 2. The third kappa shape index (κ3) is 8.73. The van der Waals surface area contributed by atoms with Crippen molar-refractivity contribution in [2.75, 3.05) is 13.1 Å². The molecule has 3 aromatic rings. The summed E-state index contributed by atoms with van der Waals surface area (Å²) in [5, 5.41) is 18.9. The van der Waals surface area contributed by atoms with E-state index in [1.807, 2.05) is 43.5 Å². The summed E-state index contributed by atoms with van der Waals surface area (Å²) in [5.41, 5.74) is 2.32. The molecule has 1 fully saturated rings. The number of aliphatic carboxylic acids is 2. The van der Waals surface area contributed by atoms with Crippen LogP contribution in [0.2, 0.25) is 0 Å². The van der Waals surface area contributed by atoms with Crippen molar-refractivity contribution in [3.05, 3.63) is 92.0 Å². The lowest BCUT2D eigenvalue weighted by molar-refractivity contribution is -0.193. The molecule has 2 atom stereocenters. The summed E-state index contributed by atoms with van der Waals surface area (Å²) in [4.78, 5) is 49.6. The van der Waals surface area contributed by atoms with Crippen LogP contribution in [0.3, 0.4) is 0 Å². The number of aryl methyl sites for hydroxylation is 1. The number of nitrogens with zero attached hydrogens (tertiary/aromatic N) is 5. The van der Waals surface area contributed by atoms with E-state index in [1.165, 1.54) is 10.2 Å². The number of benzene rings is 1. The smallest absolute Gasteiger partial charge is 0.475 e. The van der Waals surface area contributed by atoms with Crippen LogP contribution in [-0.2, 0) is 29.2 Å². The first-order chi connectivity index (χ1) is 20.0.